The number of nitrogens with zero attached hydrogens (tertiary/aromatic N) is 1. The van der Waals surface area contributed by atoms with Gasteiger partial charge in [0.2, 0.25) is 5.69 Å². The van der Waals surface area contributed by atoms with E-state index in [1.54, 1.807) is 0 Å². The summed E-state index contributed by atoms with van der Waals surface area (Å²) < 4.78 is 27.2. The Labute approximate surface area is 131 Å². The van der Waals surface area contributed by atoms with Crippen molar-refractivity contribution in [3.63, 3.8) is 0 Å². The largest absolute Gasteiger partial charge is 0.324 e. The van der Waals surface area contributed by atoms with Crippen LogP contribution in [0.5, 0.6) is 0 Å². The molecule has 1 aliphatic rings. The Bertz CT molecular complexity index is 842. The Morgan fingerprint density at radius 2 is 2.00 bits per heavy atom. The number of anilines is 1. The number of nitrogens with one attached hydrogen (secondary N) is 1. The van der Waals surface area contributed by atoms with Gasteiger partial charge in [0.05, 0.1) is 6.57 Å². The number of fused-ring (bicyclic) bond motifs is 1. The van der Waals surface area contributed by atoms with Crippen LogP contribution in [0.4, 0.5) is 20.2 Å². The Kier molecular flexibility index (Phi) is 3.80. The van der Waals surface area contributed by atoms with E-state index in [-0.39, 0.29) is 5.69 Å². The Morgan fingerprint density at radius 3 is 2.74 bits per heavy atom. The van der Waals surface area contributed by atoms with E-state index >= 15 is 0 Å². The zero-order valence-electron chi connectivity index (χ0n) is 12.1. The fourth-order valence-corrected chi connectivity index (χ4v) is 2.84. The van der Waals surface area contributed by atoms with Crippen molar-refractivity contribution in [1.82, 2.24) is 0 Å². The Hall–Kier alpha value is -2.78. The molecule has 0 saturated heterocycles. The average molecular weight is 313 g/mol. The highest BCUT2D eigenvalue weighted by Gasteiger charge is 2.27. The van der Waals surface area contributed by atoms with Gasteiger partial charge in [0.1, 0.15) is 11.6 Å². The molecule has 0 unspecified atom stereocenters. The van der Waals surface area contributed by atoms with Crippen molar-refractivity contribution in [2.45, 2.75) is 18.9 Å². The molecule has 6 heteroatoms. The maximum atomic E-state index is 13.9. The van der Waals surface area contributed by atoms with Gasteiger partial charge in [-0.05, 0) is 48.7 Å². The molecule has 1 aliphatic carbocycles. The van der Waals surface area contributed by atoms with Crippen LogP contribution in [0.25, 0.3) is 4.85 Å². The summed E-state index contributed by atoms with van der Waals surface area (Å²) in [5.74, 6) is -1.48. The predicted molar refractivity (Wildman–Crippen MR) is 82.3 cm³/mol. The molecule has 0 fully saturated rings. The molecule has 0 aromatic heterocycles. The van der Waals surface area contributed by atoms with E-state index in [9.17, 15) is 13.6 Å². The third-order valence-electron chi connectivity index (χ3n) is 3.95. The summed E-state index contributed by atoms with van der Waals surface area (Å²) in [6, 6.07) is 5.99. The zero-order valence-corrected chi connectivity index (χ0v) is 12.1. The second-order valence-corrected chi connectivity index (χ2v) is 5.36. The van der Waals surface area contributed by atoms with Crippen molar-refractivity contribution < 1.29 is 13.6 Å². The molecule has 2 aromatic rings. The number of benzene rings is 2. The fraction of sp³-hybridized carbons (Fsp3) is 0.176. The molecule has 116 valence electrons. The van der Waals surface area contributed by atoms with Crippen LogP contribution in [0.15, 0.2) is 30.3 Å². The van der Waals surface area contributed by atoms with Crippen LogP contribution in [0.1, 0.15) is 33.9 Å². The molecule has 1 atom stereocenters. The molecule has 0 bridgehead atoms. The molecule has 0 heterocycles. The quantitative estimate of drug-likeness (QED) is 0.830. The molecule has 0 spiro atoms. The van der Waals surface area contributed by atoms with Crippen molar-refractivity contribution >= 4 is 17.3 Å². The van der Waals surface area contributed by atoms with Crippen molar-refractivity contribution in [1.29, 1.82) is 0 Å². The Balaban J connectivity index is 1.92. The van der Waals surface area contributed by atoms with Crippen molar-refractivity contribution in [3.05, 3.63) is 70.1 Å². The SMILES string of the molecule is [C-]#[N+]c1cc(NC(=O)c2ccc(F)c3c2CC[C@@H]3N)ccc1F. The van der Waals surface area contributed by atoms with Crippen LogP contribution < -0.4 is 11.1 Å². The first-order valence-corrected chi connectivity index (χ1v) is 7.06. The number of nitrogens with two attached hydrogens (primary N) is 1. The molecule has 2 aromatic carbocycles. The first-order chi connectivity index (χ1) is 11.0. The highest BCUT2D eigenvalue weighted by Crippen LogP contribution is 2.34. The maximum absolute atomic E-state index is 13.9. The highest BCUT2D eigenvalue weighted by molar-refractivity contribution is 6.05. The molecule has 0 radical (unpaired) electrons. The number of hydrogen-bond donors (Lipinski definition) is 2. The number of carbonyl (C=O) groups excluding carboxylic acids is 1. The van der Waals surface area contributed by atoms with E-state index in [0.717, 1.165) is 6.07 Å². The first kappa shape index (κ1) is 15.1. The van der Waals surface area contributed by atoms with Crippen LogP contribution in [-0.2, 0) is 6.42 Å². The molecule has 4 nitrogen and oxygen atoms in total. The maximum Gasteiger partial charge on any atom is 0.255 e. The smallest absolute Gasteiger partial charge is 0.255 e. The first-order valence-electron chi connectivity index (χ1n) is 7.06. The topological polar surface area (TPSA) is 59.5 Å². The summed E-state index contributed by atoms with van der Waals surface area (Å²) >= 11 is 0. The van der Waals surface area contributed by atoms with Crippen LogP contribution in [0, 0.1) is 18.2 Å². The molecule has 3 rings (SSSR count). The van der Waals surface area contributed by atoms with Gasteiger partial charge in [-0.3, -0.25) is 4.79 Å². The summed E-state index contributed by atoms with van der Waals surface area (Å²) in [5, 5.41) is 2.61. The Morgan fingerprint density at radius 1 is 1.26 bits per heavy atom. The number of amides is 1. The third kappa shape index (κ3) is 2.67. The molecule has 1 amide bonds. The van der Waals surface area contributed by atoms with E-state index in [1.807, 2.05) is 0 Å². The number of carbonyl (C=O) groups is 1. The van der Waals surface area contributed by atoms with Crippen molar-refractivity contribution in [3.8, 4) is 0 Å². The zero-order chi connectivity index (χ0) is 16.6. The lowest BCUT2D eigenvalue weighted by atomic mass is 10.0. The van der Waals surface area contributed by atoms with E-state index in [1.165, 1.54) is 24.3 Å². The number of halogens is 2. The summed E-state index contributed by atoms with van der Waals surface area (Å²) in [5.41, 5.74) is 7.36. The average Bonchev–Trinajstić information content (AvgIpc) is 2.92. The lowest BCUT2D eigenvalue weighted by Crippen LogP contribution is -2.15. The van der Waals surface area contributed by atoms with Crippen LogP contribution in [0.3, 0.4) is 0 Å². The second kappa shape index (κ2) is 5.78. The van der Waals surface area contributed by atoms with Gasteiger partial charge in [-0.1, -0.05) is 0 Å². The molecular weight excluding hydrogens is 300 g/mol. The lowest BCUT2D eigenvalue weighted by Gasteiger charge is -2.12. The van der Waals surface area contributed by atoms with Gasteiger partial charge < -0.3 is 11.1 Å². The van der Waals surface area contributed by atoms with Crippen LogP contribution >= 0.6 is 0 Å². The van der Waals surface area contributed by atoms with Gasteiger partial charge >= 0.3 is 0 Å². The summed E-state index contributed by atoms with van der Waals surface area (Å²) in [6.45, 7) is 6.89. The van der Waals surface area contributed by atoms with Gasteiger partial charge in [0.15, 0.2) is 0 Å². The summed E-state index contributed by atoms with van der Waals surface area (Å²) in [4.78, 5) is 15.5. The number of hydrogen-bond acceptors (Lipinski definition) is 2. The van der Waals surface area contributed by atoms with Crippen molar-refractivity contribution in [2.24, 2.45) is 5.73 Å². The van der Waals surface area contributed by atoms with Gasteiger partial charge in [-0.15, -0.1) is 0 Å². The van der Waals surface area contributed by atoms with Gasteiger partial charge in [-0.2, -0.15) is 0 Å². The highest BCUT2D eigenvalue weighted by atomic mass is 19.1. The third-order valence-corrected chi connectivity index (χ3v) is 3.95. The summed E-state index contributed by atoms with van der Waals surface area (Å²) in [7, 11) is 0. The van der Waals surface area contributed by atoms with Crippen LogP contribution in [-0.4, -0.2) is 5.91 Å². The normalized spacial score (nSPS) is 15.8. The lowest BCUT2D eigenvalue weighted by molar-refractivity contribution is 0.102. The predicted octanol–water partition coefficient (Wildman–Crippen LogP) is 3.71. The van der Waals surface area contributed by atoms with E-state index in [0.29, 0.717) is 35.2 Å². The standard InChI is InChI=1S/C17H13F2N3O/c1-21-15-8-9(2-5-12(15)18)22-17(23)11-3-6-13(19)16-10(11)4-7-14(16)20/h2-3,5-6,8,14H,4,7,20H2,(H,22,23)/t14-/m0/s1. The summed E-state index contributed by atoms with van der Waals surface area (Å²) in [6.07, 6.45) is 1.13. The minimum Gasteiger partial charge on any atom is -0.324 e. The monoisotopic (exact) mass is 313 g/mol. The fourth-order valence-electron chi connectivity index (χ4n) is 2.84. The molecule has 3 N–H and O–H groups in total. The molecular formula is C17H13F2N3O. The minimum absolute atomic E-state index is 0.172. The van der Waals surface area contributed by atoms with Crippen LogP contribution in [0.2, 0.25) is 0 Å². The van der Waals surface area contributed by atoms with E-state index in [4.69, 9.17) is 12.3 Å². The molecule has 23 heavy (non-hydrogen) atoms. The van der Waals surface area contributed by atoms with Gasteiger partial charge in [0, 0.05) is 22.9 Å². The van der Waals surface area contributed by atoms with E-state index in [2.05, 4.69) is 10.2 Å². The molecule has 0 saturated carbocycles. The molecule has 0 aliphatic heterocycles. The van der Waals surface area contributed by atoms with Gasteiger partial charge in [0.25, 0.3) is 5.91 Å². The van der Waals surface area contributed by atoms with E-state index < -0.39 is 23.6 Å². The minimum atomic E-state index is -0.647. The second-order valence-electron chi connectivity index (χ2n) is 5.36. The van der Waals surface area contributed by atoms with Crippen molar-refractivity contribution in [2.75, 3.05) is 5.32 Å². The number of rotatable bonds is 2. The van der Waals surface area contributed by atoms with Gasteiger partial charge in [-0.25, -0.2) is 13.6 Å².